The molecule has 1 amide bonds. The third-order valence-corrected chi connectivity index (χ3v) is 6.13. The van der Waals surface area contributed by atoms with Gasteiger partial charge in [0, 0.05) is 29.5 Å². The van der Waals surface area contributed by atoms with Crippen LogP contribution in [0.2, 0.25) is 0 Å². The van der Waals surface area contributed by atoms with E-state index in [1.807, 2.05) is 41.8 Å². The normalized spacial score (nSPS) is 11.2. The van der Waals surface area contributed by atoms with Crippen LogP contribution in [0.5, 0.6) is 0 Å². The van der Waals surface area contributed by atoms with Gasteiger partial charge in [-0.15, -0.1) is 11.3 Å². The van der Waals surface area contributed by atoms with Crippen molar-refractivity contribution in [3.05, 3.63) is 105 Å². The number of hydrogen-bond donors (Lipinski definition) is 3. The summed E-state index contributed by atoms with van der Waals surface area (Å²) < 4.78 is 0. The van der Waals surface area contributed by atoms with Gasteiger partial charge in [-0.2, -0.15) is 0 Å². The summed E-state index contributed by atoms with van der Waals surface area (Å²) in [5, 5.41) is 23.2. The van der Waals surface area contributed by atoms with E-state index >= 15 is 0 Å². The number of anilines is 3. The molecule has 178 valence electrons. The molecule has 4 aromatic rings. The minimum absolute atomic E-state index is 0.0873. The number of amides is 1. The summed E-state index contributed by atoms with van der Waals surface area (Å²) in [5.41, 5.74) is 3.94. The maximum Gasteiger partial charge on any atom is 0.333 e. The topological polar surface area (TPSA) is 112 Å². The predicted octanol–water partition coefficient (Wildman–Crippen LogP) is 5.21. The number of rotatable bonds is 9. The van der Waals surface area contributed by atoms with Crippen molar-refractivity contribution in [2.45, 2.75) is 6.54 Å². The van der Waals surface area contributed by atoms with Crippen molar-refractivity contribution in [1.82, 2.24) is 9.88 Å². The van der Waals surface area contributed by atoms with Gasteiger partial charge in [-0.1, -0.05) is 24.3 Å². The lowest BCUT2D eigenvalue weighted by atomic mass is 10.1. The van der Waals surface area contributed by atoms with E-state index in [-0.39, 0.29) is 11.7 Å². The van der Waals surface area contributed by atoms with Gasteiger partial charge in [0.1, 0.15) is 4.88 Å². The minimum Gasteiger partial charge on any atom is -0.380 e. The van der Waals surface area contributed by atoms with Gasteiger partial charge in [0.15, 0.2) is 0 Å². The van der Waals surface area contributed by atoms with Crippen LogP contribution in [0.15, 0.2) is 84.3 Å². The second-order valence-corrected chi connectivity index (χ2v) is 8.75. The lowest BCUT2D eigenvalue weighted by molar-refractivity contribution is -0.444. The van der Waals surface area contributed by atoms with E-state index in [0.717, 1.165) is 22.2 Å². The Kier molecular flexibility index (Phi) is 7.22. The summed E-state index contributed by atoms with van der Waals surface area (Å²) in [4.78, 5) is 30.0. The second-order valence-electron chi connectivity index (χ2n) is 7.84. The van der Waals surface area contributed by atoms with Crippen molar-refractivity contribution < 1.29 is 9.72 Å². The number of carbonyl (C=O) groups excluding carboxylic acids is 1. The molecule has 4 rings (SSSR count). The molecule has 0 unspecified atom stereocenters. The zero-order valence-electron chi connectivity index (χ0n) is 19.2. The van der Waals surface area contributed by atoms with Gasteiger partial charge < -0.3 is 26.1 Å². The first-order chi connectivity index (χ1) is 16.9. The Balaban J connectivity index is 1.44. The number of carbonyl (C=O) groups is 1. The molecule has 0 atom stereocenters. The van der Waals surface area contributed by atoms with E-state index in [2.05, 4.69) is 20.9 Å². The molecule has 0 saturated carbocycles. The molecule has 9 nitrogen and oxygen atoms in total. The van der Waals surface area contributed by atoms with E-state index in [9.17, 15) is 14.9 Å². The largest absolute Gasteiger partial charge is 0.380 e. The van der Waals surface area contributed by atoms with Gasteiger partial charge in [0.05, 0.1) is 31.5 Å². The standard InChI is InChI=1S/C25H24N6O3S/c1-30(2)23(31(33)34)16-27-18-6-5-7-19(14-18)29-25(32)24-22(11-13-35-24)28-15-17-10-12-26-21-9-4-3-8-20(17)21/h3-14,16,27-28H,15H2,1-2H3,(H,29,32). The van der Waals surface area contributed by atoms with Crippen LogP contribution in [0.3, 0.4) is 0 Å². The van der Waals surface area contributed by atoms with Crippen LogP contribution in [0.4, 0.5) is 17.1 Å². The highest BCUT2D eigenvalue weighted by atomic mass is 32.1. The number of para-hydroxylation sites is 1. The highest BCUT2D eigenvalue weighted by molar-refractivity contribution is 7.12. The molecule has 0 aliphatic rings. The Morgan fingerprint density at radius 1 is 1.11 bits per heavy atom. The SMILES string of the molecule is CN(C)C(=CNc1cccc(NC(=O)c2sccc2NCc2ccnc3ccccc23)c1)[N+](=O)[O-]. The number of aromatic nitrogens is 1. The first-order valence-corrected chi connectivity index (χ1v) is 11.6. The van der Waals surface area contributed by atoms with E-state index in [0.29, 0.717) is 22.8 Å². The van der Waals surface area contributed by atoms with Crippen molar-refractivity contribution in [2.24, 2.45) is 0 Å². The number of hydrogen-bond acceptors (Lipinski definition) is 8. The molecule has 0 bridgehead atoms. The number of nitro groups is 1. The van der Waals surface area contributed by atoms with E-state index in [1.165, 1.54) is 22.4 Å². The van der Waals surface area contributed by atoms with Crippen LogP contribution >= 0.6 is 11.3 Å². The average molecular weight is 489 g/mol. The average Bonchev–Trinajstić information content (AvgIpc) is 3.31. The van der Waals surface area contributed by atoms with Crippen LogP contribution in [0.25, 0.3) is 10.9 Å². The van der Waals surface area contributed by atoms with Gasteiger partial charge in [-0.3, -0.25) is 14.7 Å². The van der Waals surface area contributed by atoms with Crippen molar-refractivity contribution in [3.8, 4) is 0 Å². The molecule has 0 saturated heterocycles. The third kappa shape index (κ3) is 5.74. The second kappa shape index (κ2) is 10.7. The van der Waals surface area contributed by atoms with E-state index < -0.39 is 4.92 Å². The fraction of sp³-hybridized carbons (Fsp3) is 0.120. The summed E-state index contributed by atoms with van der Waals surface area (Å²) in [6.45, 7) is 0.552. The fourth-order valence-corrected chi connectivity index (χ4v) is 4.26. The van der Waals surface area contributed by atoms with Gasteiger partial charge in [-0.25, -0.2) is 0 Å². The fourth-order valence-electron chi connectivity index (χ4n) is 3.49. The van der Waals surface area contributed by atoms with Crippen LogP contribution < -0.4 is 16.0 Å². The number of pyridine rings is 1. The van der Waals surface area contributed by atoms with Gasteiger partial charge in [-0.05, 0) is 52.3 Å². The Morgan fingerprint density at radius 3 is 2.71 bits per heavy atom. The first-order valence-electron chi connectivity index (χ1n) is 10.8. The van der Waals surface area contributed by atoms with Crippen molar-refractivity contribution in [1.29, 1.82) is 0 Å². The summed E-state index contributed by atoms with van der Waals surface area (Å²) >= 11 is 1.35. The summed E-state index contributed by atoms with van der Waals surface area (Å²) in [5.74, 6) is -0.329. The summed E-state index contributed by atoms with van der Waals surface area (Å²) in [6.07, 6.45) is 3.09. The molecular weight excluding hydrogens is 464 g/mol. The molecule has 2 aromatic heterocycles. The summed E-state index contributed by atoms with van der Waals surface area (Å²) in [6, 6.07) is 18.8. The highest BCUT2D eigenvalue weighted by Crippen LogP contribution is 2.26. The molecule has 3 N–H and O–H groups in total. The molecule has 2 aromatic carbocycles. The highest BCUT2D eigenvalue weighted by Gasteiger charge is 2.15. The number of fused-ring (bicyclic) bond motifs is 1. The smallest absolute Gasteiger partial charge is 0.333 e. The molecule has 2 heterocycles. The number of thiophene rings is 1. The van der Waals surface area contributed by atoms with Crippen molar-refractivity contribution in [2.75, 3.05) is 30.0 Å². The molecule has 10 heteroatoms. The predicted molar refractivity (Wildman–Crippen MR) is 140 cm³/mol. The van der Waals surface area contributed by atoms with Crippen molar-refractivity contribution in [3.63, 3.8) is 0 Å². The van der Waals surface area contributed by atoms with Crippen LogP contribution in [-0.2, 0) is 6.54 Å². The van der Waals surface area contributed by atoms with Crippen LogP contribution in [-0.4, -0.2) is 34.8 Å². The molecule has 0 aliphatic heterocycles. The lowest BCUT2D eigenvalue weighted by Gasteiger charge is -2.11. The number of nitrogens with zero attached hydrogens (tertiary/aromatic N) is 3. The molecule has 0 fully saturated rings. The monoisotopic (exact) mass is 488 g/mol. The molecule has 0 radical (unpaired) electrons. The maximum atomic E-state index is 13.0. The van der Waals surface area contributed by atoms with Crippen LogP contribution in [0, 0.1) is 10.1 Å². The number of nitrogens with one attached hydrogen (secondary N) is 3. The molecule has 0 spiro atoms. The van der Waals surface area contributed by atoms with E-state index in [1.54, 1.807) is 44.6 Å². The summed E-state index contributed by atoms with van der Waals surface area (Å²) in [7, 11) is 3.19. The van der Waals surface area contributed by atoms with Gasteiger partial charge >= 0.3 is 5.82 Å². The Bertz CT molecular complexity index is 1390. The van der Waals surface area contributed by atoms with Crippen molar-refractivity contribution >= 4 is 45.2 Å². The lowest BCUT2D eigenvalue weighted by Crippen LogP contribution is -2.19. The van der Waals surface area contributed by atoms with Gasteiger partial charge in [0.2, 0.25) is 0 Å². The third-order valence-electron chi connectivity index (χ3n) is 5.21. The van der Waals surface area contributed by atoms with E-state index in [4.69, 9.17) is 0 Å². The number of benzene rings is 2. The Hall–Kier alpha value is -4.44. The molecule has 0 aliphatic carbocycles. The Labute approximate surface area is 206 Å². The Morgan fingerprint density at radius 2 is 1.91 bits per heavy atom. The quantitative estimate of drug-likeness (QED) is 0.219. The zero-order valence-corrected chi connectivity index (χ0v) is 20.0. The maximum absolute atomic E-state index is 13.0. The minimum atomic E-state index is -0.474. The molecule has 35 heavy (non-hydrogen) atoms. The molecular formula is C25H24N6O3S. The van der Waals surface area contributed by atoms with Gasteiger partial charge in [0.25, 0.3) is 5.91 Å². The first kappa shape index (κ1) is 23.7. The van der Waals surface area contributed by atoms with Crippen LogP contribution in [0.1, 0.15) is 15.2 Å². The zero-order chi connectivity index (χ0) is 24.8.